The number of hydrogen-bond acceptors (Lipinski definition) is 2. The van der Waals surface area contributed by atoms with Crippen molar-refractivity contribution in [1.29, 1.82) is 0 Å². The van der Waals surface area contributed by atoms with Gasteiger partial charge in [-0.2, -0.15) is 0 Å². The first-order valence-electron chi connectivity index (χ1n) is 25.2. The van der Waals surface area contributed by atoms with Gasteiger partial charge in [-0.05, 0) is 139 Å². The van der Waals surface area contributed by atoms with Gasteiger partial charge in [0.25, 0.3) is 0 Å². The molecule has 0 N–H and O–H groups in total. The van der Waals surface area contributed by atoms with Crippen LogP contribution in [0.2, 0.25) is 0 Å². The second-order valence-electron chi connectivity index (χ2n) is 20.3. The molecule has 2 nitrogen and oxygen atoms in total. The summed E-state index contributed by atoms with van der Waals surface area (Å²) < 4.78 is 0. The van der Waals surface area contributed by atoms with E-state index in [1.807, 2.05) is 0 Å². The van der Waals surface area contributed by atoms with Gasteiger partial charge < -0.3 is 9.80 Å². The van der Waals surface area contributed by atoms with Gasteiger partial charge in [-0.3, -0.25) is 0 Å². The van der Waals surface area contributed by atoms with Crippen LogP contribution in [-0.4, -0.2) is 0 Å². The van der Waals surface area contributed by atoms with E-state index in [2.05, 4.69) is 293 Å². The van der Waals surface area contributed by atoms with Crippen LogP contribution in [0.5, 0.6) is 0 Å². The Bertz CT molecular complexity index is 3660. The third-order valence-corrected chi connectivity index (χ3v) is 14.6. The van der Waals surface area contributed by atoms with E-state index >= 15 is 0 Å². The summed E-state index contributed by atoms with van der Waals surface area (Å²) in [4.78, 5) is 5.08. The molecule has 0 aliphatic carbocycles. The zero-order chi connectivity index (χ0) is 48.9. The Morgan fingerprint density at radius 1 is 0.278 bits per heavy atom. The smallest absolute Gasteiger partial charge is 0.0561 e. The Morgan fingerprint density at radius 2 is 0.639 bits per heavy atom. The van der Waals surface area contributed by atoms with Gasteiger partial charge in [0.05, 0.1) is 11.4 Å². The zero-order valence-electron chi connectivity index (χ0n) is 41.6. The first kappa shape index (κ1) is 44.5. The second kappa shape index (κ2) is 18.2. The Kier molecular flexibility index (Phi) is 11.3. The Labute approximate surface area is 424 Å². The van der Waals surface area contributed by atoms with Crippen LogP contribution in [0.15, 0.2) is 249 Å². The summed E-state index contributed by atoms with van der Waals surface area (Å²) in [6.07, 6.45) is 0. The zero-order valence-corrected chi connectivity index (χ0v) is 41.6. The monoisotopic (exact) mass is 924 g/mol. The molecule has 0 spiro atoms. The minimum absolute atomic E-state index is 0.0233. The van der Waals surface area contributed by atoms with E-state index in [1.54, 1.807) is 0 Å². The highest BCUT2D eigenvalue weighted by Gasteiger charge is 2.28. The van der Waals surface area contributed by atoms with Crippen molar-refractivity contribution in [3.8, 4) is 44.5 Å². The van der Waals surface area contributed by atoms with Gasteiger partial charge in [0.15, 0.2) is 0 Å². The maximum Gasteiger partial charge on any atom is 0.0561 e. The van der Waals surface area contributed by atoms with E-state index in [0.29, 0.717) is 0 Å². The van der Waals surface area contributed by atoms with E-state index in [4.69, 9.17) is 0 Å². The standard InChI is InChI=1S/C70H56N2/c1-47-32-34-55(51-24-14-8-15-25-51)44-64(47)71(60-30-18-28-53(42-60)49-20-10-6-11-21-49)66-46-67(63-39-37-58-41-59(70(3,4)5)40-57-36-38-62(66)69(63)68(57)58)72(61-31-19-29-54(43-61)50-22-12-7-13-23-50)65-45-56(35-33-48(65)2)52-26-16-9-17-27-52/h6-46H,1-5H3. The van der Waals surface area contributed by atoms with Crippen LogP contribution in [0.3, 0.4) is 0 Å². The third-order valence-electron chi connectivity index (χ3n) is 14.6. The van der Waals surface area contributed by atoms with Gasteiger partial charge in [-0.1, -0.05) is 227 Å². The lowest BCUT2D eigenvalue weighted by Gasteiger charge is -2.34. The molecule has 0 aliphatic rings. The third kappa shape index (κ3) is 8.15. The van der Waals surface area contributed by atoms with E-state index in [9.17, 15) is 0 Å². The fraction of sp³-hybridized carbons (Fsp3) is 0.0857. The maximum absolute atomic E-state index is 2.54. The lowest BCUT2D eigenvalue weighted by molar-refractivity contribution is 0.591. The molecule has 0 saturated carbocycles. The minimum atomic E-state index is -0.0233. The number of anilines is 6. The molecule has 12 aromatic rings. The van der Waals surface area contributed by atoms with Crippen molar-refractivity contribution in [2.45, 2.75) is 40.0 Å². The predicted molar refractivity (Wildman–Crippen MR) is 309 cm³/mol. The van der Waals surface area contributed by atoms with E-state index in [0.717, 1.165) is 45.3 Å². The highest BCUT2D eigenvalue weighted by atomic mass is 15.2. The molecule has 0 fully saturated rings. The molecule has 0 aliphatic heterocycles. The number of aryl methyl sites for hydroxylation is 2. The van der Waals surface area contributed by atoms with Crippen LogP contribution in [0.25, 0.3) is 76.8 Å². The van der Waals surface area contributed by atoms with Crippen LogP contribution in [0.4, 0.5) is 34.1 Å². The summed E-state index contributed by atoms with van der Waals surface area (Å²) in [6.45, 7) is 11.5. The number of hydrogen-bond donors (Lipinski definition) is 0. The Morgan fingerprint density at radius 3 is 1.01 bits per heavy atom. The summed E-state index contributed by atoms with van der Waals surface area (Å²) in [7, 11) is 0. The summed E-state index contributed by atoms with van der Waals surface area (Å²) in [6, 6.07) is 92.0. The van der Waals surface area contributed by atoms with Gasteiger partial charge in [-0.15, -0.1) is 0 Å². The fourth-order valence-corrected chi connectivity index (χ4v) is 10.7. The molecule has 0 saturated heterocycles. The quantitative estimate of drug-likeness (QED) is 0.126. The lowest BCUT2D eigenvalue weighted by atomic mass is 9.83. The van der Waals surface area contributed by atoms with Crippen molar-refractivity contribution in [3.63, 3.8) is 0 Å². The van der Waals surface area contributed by atoms with Crippen molar-refractivity contribution < 1.29 is 0 Å². The fourth-order valence-electron chi connectivity index (χ4n) is 10.7. The molecule has 0 radical (unpaired) electrons. The van der Waals surface area contributed by atoms with Crippen LogP contribution in [-0.2, 0) is 5.41 Å². The maximum atomic E-state index is 2.54. The average Bonchev–Trinajstić information content (AvgIpc) is 3.43. The van der Waals surface area contributed by atoms with Crippen LogP contribution in [0.1, 0.15) is 37.5 Å². The molecule has 12 rings (SSSR count). The average molecular weight is 925 g/mol. The van der Waals surface area contributed by atoms with Crippen LogP contribution < -0.4 is 9.80 Å². The van der Waals surface area contributed by atoms with Gasteiger partial charge in [0.2, 0.25) is 0 Å². The first-order chi connectivity index (χ1) is 35.2. The van der Waals surface area contributed by atoms with E-state index in [-0.39, 0.29) is 5.41 Å². The molecule has 0 atom stereocenters. The van der Waals surface area contributed by atoms with E-state index in [1.165, 1.54) is 82.4 Å². The number of benzene rings is 12. The van der Waals surface area contributed by atoms with Gasteiger partial charge in [-0.25, -0.2) is 0 Å². The largest absolute Gasteiger partial charge is 0.309 e. The van der Waals surface area contributed by atoms with Crippen molar-refractivity contribution in [2.24, 2.45) is 0 Å². The summed E-state index contributed by atoms with van der Waals surface area (Å²) in [5, 5.41) is 7.41. The van der Waals surface area contributed by atoms with Gasteiger partial charge >= 0.3 is 0 Å². The molecule has 2 heteroatoms. The number of nitrogens with zero attached hydrogens (tertiary/aromatic N) is 2. The molecule has 0 bridgehead atoms. The predicted octanol–water partition coefficient (Wildman–Crippen LogP) is 20.1. The SMILES string of the molecule is Cc1ccc(-c2ccccc2)cc1N(c1cccc(-c2ccccc2)c1)c1cc(N(c2cccc(-c3ccccc3)c2)c2cc(-c3ccccc3)ccc2C)c2ccc3cc(C(C)(C)C)cc4ccc1c2c43. The highest BCUT2D eigenvalue weighted by molar-refractivity contribution is 6.29. The second-order valence-corrected chi connectivity index (χ2v) is 20.3. The summed E-state index contributed by atoms with van der Waals surface area (Å²) >= 11 is 0. The van der Waals surface area contributed by atoms with Crippen molar-refractivity contribution in [1.82, 2.24) is 0 Å². The molecule has 0 aromatic heterocycles. The molecule has 72 heavy (non-hydrogen) atoms. The summed E-state index contributed by atoms with van der Waals surface area (Å²) in [5.74, 6) is 0. The highest BCUT2D eigenvalue weighted by Crippen LogP contribution is 2.52. The molecule has 346 valence electrons. The van der Waals surface area contributed by atoms with Gasteiger partial charge in [0.1, 0.15) is 0 Å². The number of rotatable bonds is 10. The molecule has 0 heterocycles. The molecule has 12 aromatic carbocycles. The molecule has 0 amide bonds. The molecular weight excluding hydrogens is 869 g/mol. The molecule has 0 unspecified atom stereocenters. The minimum Gasteiger partial charge on any atom is -0.309 e. The van der Waals surface area contributed by atoms with Crippen LogP contribution in [0, 0.1) is 13.8 Å². The summed E-state index contributed by atoms with van der Waals surface area (Å²) in [5.41, 5.74) is 19.7. The lowest BCUT2D eigenvalue weighted by Crippen LogP contribution is -2.16. The van der Waals surface area contributed by atoms with Gasteiger partial charge in [0, 0.05) is 38.9 Å². The normalized spacial score (nSPS) is 11.7. The first-order valence-corrected chi connectivity index (χ1v) is 25.2. The molecular formula is C70H56N2. The van der Waals surface area contributed by atoms with Crippen molar-refractivity contribution >= 4 is 66.4 Å². The topological polar surface area (TPSA) is 6.48 Å². The Balaban J connectivity index is 1.22. The van der Waals surface area contributed by atoms with E-state index < -0.39 is 0 Å². The van der Waals surface area contributed by atoms with Crippen LogP contribution >= 0.6 is 0 Å². The van der Waals surface area contributed by atoms with Crippen molar-refractivity contribution in [3.05, 3.63) is 265 Å². The Hall–Kier alpha value is -8.72. The van der Waals surface area contributed by atoms with Crippen molar-refractivity contribution in [2.75, 3.05) is 9.80 Å².